The van der Waals surface area contributed by atoms with Gasteiger partial charge in [0.25, 0.3) is 11.7 Å². The number of anilines is 1. The fourth-order valence-electron chi connectivity index (χ4n) is 2.21. The minimum absolute atomic E-state index is 0.161. The fourth-order valence-corrected chi connectivity index (χ4v) is 2.30. The summed E-state index contributed by atoms with van der Waals surface area (Å²) in [6, 6.07) is 3.62. The molecule has 0 bridgehead atoms. The third kappa shape index (κ3) is 1.93. The molecule has 1 unspecified atom stereocenters. The van der Waals surface area contributed by atoms with Gasteiger partial charge in [-0.15, -0.1) is 11.6 Å². The number of alkyl halides is 1. The Morgan fingerprint density at radius 1 is 1.28 bits per heavy atom. The van der Waals surface area contributed by atoms with E-state index in [4.69, 9.17) is 11.6 Å². The number of amides is 1. The summed E-state index contributed by atoms with van der Waals surface area (Å²) in [6.07, 6.45) is 0. The monoisotopic (exact) mass is 265 g/mol. The number of nitrogens with zero attached hydrogens (tertiary/aromatic N) is 1. The summed E-state index contributed by atoms with van der Waals surface area (Å²) in [4.78, 5) is 25.5. The van der Waals surface area contributed by atoms with E-state index in [0.29, 0.717) is 18.0 Å². The van der Waals surface area contributed by atoms with Crippen LogP contribution in [0.2, 0.25) is 0 Å². The van der Waals surface area contributed by atoms with Crippen LogP contribution in [0.15, 0.2) is 12.1 Å². The zero-order valence-corrected chi connectivity index (χ0v) is 11.5. The summed E-state index contributed by atoms with van der Waals surface area (Å²) in [5, 5.41) is 0. The quantitative estimate of drug-likeness (QED) is 0.622. The second-order valence-corrected chi connectivity index (χ2v) is 5.22. The van der Waals surface area contributed by atoms with Crippen molar-refractivity contribution in [2.75, 3.05) is 17.3 Å². The molecule has 0 aliphatic carbocycles. The number of ketones is 1. The second kappa shape index (κ2) is 4.73. The average Bonchev–Trinajstić information content (AvgIpc) is 2.59. The standard InChI is InChI=1S/C14H16ClNO2/c1-8(6-15)7-16-12-10(3)9(2)4-5-11(12)13(17)14(16)18/h4-5,8H,6-7H2,1-3H3. The van der Waals surface area contributed by atoms with Crippen molar-refractivity contribution in [2.24, 2.45) is 5.92 Å². The molecular weight excluding hydrogens is 250 g/mol. The van der Waals surface area contributed by atoms with Crippen LogP contribution in [0.3, 0.4) is 0 Å². The molecule has 1 aliphatic rings. The number of Topliss-reactive ketones (excluding diaryl/α,β-unsaturated/α-hetero) is 1. The van der Waals surface area contributed by atoms with Crippen LogP contribution in [0.25, 0.3) is 0 Å². The van der Waals surface area contributed by atoms with Crippen LogP contribution in [0.4, 0.5) is 5.69 Å². The molecule has 0 saturated carbocycles. The molecule has 96 valence electrons. The van der Waals surface area contributed by atoms with Crippen LogP contribution in [-0.2, 0) is 4.79 Å². The Morgan fingerprint density at radius 2 is 1.94 bits per heavy atom. The van der Waals surface area contributed by atoms with E-state index >= 15 is 0 Å². The lowest BCUT2D eigenvalue weighted by Gasteiger charge is -2.22. The molecule has 1 aromatic rings. The van der Waals surface area contributed by atoms with Crippen LogP contribution < -0.4 is 4.90 Å². The summed E-state index contributed by atoms with van der Waals surface area (Å²) >= 11 is 5.79. The molecule has 1 amide bonds. The van der Waals surface area contributed by atoms with Gasteiger partial charge >= 0.3 is 0 Å². The maximum absolute atomic E-state index is 12.0. The Morgan fingerprint density at radius 3 is 2.56 bits per heavy atom. The van der Waals surface area contributed by atoms with Crippen LogP contribution in [0, 0.1) is 19.8 Å². The van der Waals surface area contributed by atoms with Gasteiger partial charge in [0.2, 0.25) is 0 Å². The molecule has 1 aromatic carbocycles. The highest BCUT2D eigenvalue weighted by Gasteiger charge is 2.37. The zero-order valence-electron chi connectivity index (χ0n) is 10.8. The summed E-state index contributed by atoms with van der Waals surface area (Å²) < 4.78 is 0. The SMILES string of the molecule is Cc1ccc2c(c1C)N(CC(C)CCl)C(=O)C2=O. The van der Waals surface area contributed by atoms with E-state index in [1.807, 2.05) is 26.8 Å². The number of carbonyl (C=O) groups excluding carboxylic acids is 2. The van der Waals surface area contributed by atoms with Crippen molar-refractivity contribution in [2.45, 2.75) is 20.8 Å². The smallest absolute Gasteiger partial charge is 0.299 e. The topological polar surface area (TPSA) is 37.4 Å². The van der Waals surface area contributed by atoms with Crippen LogP contribution in [0.1, 0.15) is 28.4 Å². The Hall–Kier alpha value is -1.35. The van der Waals surface area contributed by atoms with E-state index in [2.05, 4.69) is 0 Å². The molecule has 1 atom stereocenters. The van der Waals surface area contributed by atoms with Crippen LogP contribution in [0.5, 0.6) is 0 Å². The van der Waals surface area contributed by atoms with E-state index < -0.39 is 11.7 Å². The van der Waals surface area contributed by atoms with Gasteiger partial charge in [-0.2, -0.15) is 0 Å². The minimum Gasteiger partial charge on any atom is -0.304 e. The number of carbonyl (C=O) groups is 2. The maximum Gasteiger partial charge on any atom is 0.299 e. The predicted molar refractivity (Wildman–Crippen MR) is 72.5 cm³/mol. The Balaban J connectivity index is 2.50. The third-order valence-corrected chi connectivity index (χ3v) is 3.94. The highest BCUT2D eigenvalue weighted by molar-refractivity contribution is 6.52. The van der Waals surface area contributed by atoms with E-state index in [9.17, 15) is 9.59 Å². The van der Waals surface area contributed by atoms with E-state index in [0.717, 1.165) is 16.8 Å². The highest BCUT2D eigenvalue weighted by atomic mass is 35.5. The molecule has 0 spiro atoms. The number of hydrogen-bond donors (Lipinski definition) is 0. The Kier molecular flexibility index (Phi) is 3.44. The first kappa shape index (κ1) is 13.1. The number of hydrogen-bond acceptors (Lipinski definition) is 2. The lowest BCUT2D eigenvalue weighted by molar-refractivity contribution is -0.114. The van der Waals surface area contributed by atoms with Crippen molar-refractivity contribution in [1.29, 1.82) is 0 Å². The maximum atomic E-state index is 12.0. The van der Waals surface area contributed by atoms with Gasteiger partial charge in [0, 0.05) is 12.4 Å². The van der Waals surface area contributed by atoms with Gasteiger partial charge in [-0.1, -0.05) is 13.0 Å². The molecule has 1 heterocycles. The molecule has 4 heteroatoms. The zero-order chi connectivity index (χ0) is 13.4. The normalized spacial score (nSPS) is 16.1. The second-order valence-electron chi connectivity index (χ2n) is 4.91. The summed E-state index contributed by atoms with van der Waals surface area (Å²) in [6.45, 7) is 6.38. The highest BCUT2D eigenvalue weighted by Crippen LogP contribution is 2.34. The first-order valence-corrected chi connectivity index (χ1v) is 6.53. The van der Waals surface area contributed by atoms with Crippen molar-refractivity contribution in [3.8, 4) is 0 Å². The van der Waals surface area contributed by atoms with Crippen LogP contribution in [-0.4, -0.2) is 24.1 Å². The first-order valence-electron chi connectivity index (χ1n) is 5.99. The van der Waals surface area contributed by atoms with Crippen molar-refractivity contribution in [3.63, 3.8) is 0 Å². The van der Waals surface area contributed by atoms with Gasteiger partial charge in [-0.05, 0) is 37.0 Å². The molecule has 0 saturated heterocycles. The first-order chi connectivity index (χ1) is 8.47. The van der Waals surface area contributed by atoms with Gasteiger partial charge in [0.1, 0.15) is 0 Å². The number of fused-ring (bicyclic) bond motifs is 1. The third-order valence-electron chi connectivity index (χ3n) is 3.41. The predicted octanol–water partition coefficient (Wildman–Crippen LogP) is 2.71. The summed E-state index contributed by atoms with van der Waals surface area (Å²) in [5.74, 6) is -0.210. The van der Waals surface area contributed by atoms with Crippen molar-refractivity contribution >= 4 is 29.0 Å². The largest absolute Gasteiger partial charge is 0.304 e. The van der Waals surface area contributed by atoms with E-state index in [1.165, 1.54) is 0 Å². The van der Waals surface area contributed by atoms with Gasteiger partial charge < -0.3 is 4.90 Å². The Labute approximate surface area is 112 Å². The molecule has 0 fully saturated rings. The fraction of sp³-hybridized carbons (Fsp3) is 0.429. The molecule has 0 aromatic heterocycles. The van der Waals surface area contributed by atoms with E-state index in [1.54, 1.807) is 11.0 Å². The molecule has 18 heavy (non-hydrogen) atoms. The summed E-state index contributed by atoms with van der Waals surface area (Å²) in [5.41, 5.74) is 3.36. The molecule has 0 N–H and O–H groups in total. The van der Waals surface area contributed by atoms with Crippen molar-refractivity contribution < 1.29 is 9.59 Å². The van der Waals surface area contributed by atoms with Gasteiger partial charge in [0.15, 0.2) is 0 Å². The molecule has 0 radical (unpaired) electrons. The average molecular weight is 266 g/mol. The molecule has 3 nitrogen and oxygen atoms in total. The van der Waals surface area contributed by atoms with E-state index in [-0.39, 0.29) is 5.92 Å². The lowest BCUT2D eigenvalue weighted by atomic mass is 10.0. The molecular formula is C14H16ClNO2. The van der Waals surface area contributed by atoms with Gasteiger partial charge in [0.05, 0.1) is 11.3 Å². The van der Waals surface area contributed by atoms with Crippen LogP contribution >= 0.6 is 11.6 Å². The number of benzene rings is 1. The Bertz CT molecular complexity index is 525. The molecule has 1 aliphatic heterocycles. The minimum atomic E-state index is -0.435. The van der Waals surface area contributed by atoms with Crippen molar-refractivity contribution in [1.82, 2.24) is 0 Å². The van der Waals surface area contributed by atoms with Gasteiger partial charge in [-0.25, -0.2) is 0 Å². The summed E-state index contributed by atoms with van der Waals surface area (Å²) in [7, 11) is 0. The number of halogens is 1. The molecule has 2 rings (SSSR count). The number of rotatable bonds is 3. The number of aryl methyl sites for hydroxylation is 1. The van der Waals surface area contributed by atoms with Gasteiger partial charge in [-0.3, -0.25) is 9.59 Å². The lowest BCUT2D eigenvalue weighted by Crippen LogP contribution is -2.34. The van der Waals surface area contributed by atoms with Crippen molar-refractivity contribution in [3.05, 3.63) is 28.8 Å².